The van der Waals surface area contributed by atoms with Gasteiger partial charge in [0.05, 0.1) is 12.5 Å². The topological polar surface area (TPSA) is 59.1 Å². The number of carbonyl (C=O) groups excluding carboxylic acids is 2. The van der Waals surface area contributed by atoms with Gasteiger partial charge in [-0.15, -0.1) is 0 Å². The Hall–Kier alpha value is -1.30. The Morgan fingerprint density at radius 1 is 1.24 bits per heavy atom. The highest BCUT2D eigenvalue weighted by Crippen LogP contribution is 2.43. The predicted octanol–water partition coefficient (Wildman–Crippen LogP) is 1.35. The van der Waals surface area contributed by atoms with Gasteiger partial charge in [-0.05, 0) is 40.8 Å². The fourth-order valence-corrected chi connectivity index (χ4v) is 3.35. The van der Waals surface area contributed by atoms with Gasteiger partial charge >= 0.3 is 12.1 Å². The van der Waals surface area contributed by atoms with E-state index in [-0.39, 0.29) is 18.0 Å². The van der Waals surface area contributed by atoms with E-state index in [4.69, 9.17) is 9.47 Å². The van der Waals surface area contributed by atoms with Crippen LogP contribution in [0.25, 0.3) is 0 Å². The lowest BCUT2D eigenvalue weighted by Gasteiger charge is -2.39. The van der Waals surface area contributed by atoms with Crippen molar-refractivity contribution in [2.24, 2.45) is 11.3 Å². The van der Waals surface area contributed by atoms with Gasteiger partial charge in [0, 0.05) is 25.6 Å². The van der Waals surface area contributed by atoms with Gasteiger partial charge in [0.2, 0.25) is 0 Å². The third kappa shape index (κ3) is 3.15. The van der Waals surface area contributed by atoms with Gasteiger partial charge in [-0.2, -0.15) is 0 Å². The van der Waals surface area contributed by atoms with E-state index >= 15 is 0 Å². The number of esters is 1. The van der Waals surface area contributed by atoms with Crippen LogP contribution in [0.5, 0.6) is 0 Å². The lowest BCUT2D eigenvalue weighted by atomic mass is 9.72. The zero-order valence-corrected chi connectivity index (χ0v) is 13.6. The molecule has 0 aliphatic carbocycles. The van der Waals surface area contributed by atoms with Crippen molar-refractivity contribution < 1.29 is 19.1 Å². The first kappa shape index (κ1) is 16.1. The van der Waals surface area contributed by atoms with Gasteiger partial charge < -0.3 is 19.3 Å². The first-order chi connectivity index (χ1) is 9.68. The van der Waals surface area contributed by atoms with E-state index in [1.54, 1.807) is 4.90 Å². The largest absolute Gasteiger partial charge is 0.469 e. The summed E-state index contributed by atoms with van der Waals surface area (Å²) in [5, 5.41) is 0. The average molecular weight is 298 g/mol. The number of piperidine rings is 1. The summed E-state index contributed by atoms with van der Waals surface area (Å²) in [6.45, 7) is 8.12. The minimum absolute atomic E-state index is 0.108. The van der Waals surface area contributed by atoms with Crippen molar-refractivity contribution in [3.63, 3.8) is 0 Å². The molecule has 2 fully saturated rings. The van der Waals surface area contributed by atoms with E-state index in [2.05, 4.69) is 4.90 Å². The van der Waals surface area contributed by atoms with Gasteiger partial charge in [0.1, 0.15) is 5.60 Å². The molecular formula is C15H26N2O4. The molecule has 0 N–H and O–H groups in total. The molecule has 0 bridgehead atoms. The molecule has 0 aromatic heterocycles. The van der Waals surface area contributed by atoms with Gasteiger partial charge in [0.25, 0.3) is 0 Å². The first-order valence-electron chi connectivity index (χ1n) is 7.43. The van der Waals surface area contributed by atoms with Crippen LogP contribution >= 0.6 is 0 Å². The van der Waals surface area contributed by atoms with Gasteiger partial charge in [-0.3, -0.25) is 4.79 Å². The van der Waals surface area contributed by atoms with Crippen LogP contribution in [-0.2, 0) is 14.3 Å². The van der Waals surface area contributed by atoms with Crippen LogP contribution in [0.4, 0.5) is 4.79 Å². The molecule has 6 nitrogen and oxygen atoms in total. The highest BCUT2D eigenvalue weighted by molar-refractivity contribution is 5.80. The summed E-state index contributed by atoms with van der Waals surface area (Å²) in [4.78, 5) is 28.4. The zero-order chi connectivity index (χ0) is 15.8. The number of hydrogen-bond donors (Lipinski definition) is 0. The third-order valence-electron chi connectivity index (χ3n) is 4.41. The number of methoxy groups -OCH3 is 1. The van der Waals surface area contributed by atoms with E-state index < -0.39 is 11.0 Å². The Kier molecular flexibility index (Phi) is 4.19. The number of fused-ring (bicyclic) bond motifs is 1. The van der Waals surface area contributed by atoms with Crippen LogP contribution in [0.3, 0.4) is 0 Å². The molecule has 1 amide bonds. The molecule has 21 heavy (non-hydrogen) atoms. The maximum Gasteiger partial charge on any atom is 0.410 e. The molecule has 0 aromatic rings. The number of nitrogens with zero attached hydrogens (tertiary/aromatic N) is 2. The molecule has 0 unspecified atom stereocenters. The van der Waals surface area contributed by atoms with Crippen LogP contribution in [-0.4, -0.2) is 67.8 Å². The second-order valence-corrected chi connectivity index (χ2v) is 7.22. The third-order valence-corrected chi connectivity index (χ3v) is 4.41. The molecule has 0 aromatic carbocycles. The molecule has 120 valence electrons. The van der Waals surface area contributed by atoms with Gasteiger partial charge in [-0.25, -0.2) is 4.79 Å². The van der Waals surface area contributed by atoms with Crippen LogP contribution in [0.2, 0.25) is 0 Å². The summed E-state index contributed by atoms with van der Waals surface area (Å²) in [5.41, 5.74) is -1.10. The maximum absolute atomic E-state index is 12.3. The summed E-state index contributed by atoms with van der Waals surface area (Å²) in [5.74, 6) is -0.0946. The normalized spacial score (nSPS) is 30.0. The van der Waals surface area contributed by atoms with E-state index in [9.17, 15) is 9.59 Å². The monoisotopic (exact) mass is 298 g/mol. The number of carbonyl (C=O) groups is 2. The smallest absolute Gasteiger partial charge is 0.410 e. The lowest BCUT2D eigenvalue weighted by molar-refractivity contribution is -0.157. The van der Waals surface area contributed by atoms with Crippen LogP contribution in [0.15, 0.2) is 0 Å². The Morgan fingerprint density at radius 3 is 2.48 bits per heavy atom. The van der Waals surface area contributed by atoms with Crippen molar-refractivity contribution in [1.82, 2.24) is 9.80 Å². The van der Waals surface area contributed by atoms with Crippen LogP contribution < -0.4 is 0 Å². The zero-order valence-electron chi connectivity index (χ0n) is 13.6. The van der Waals surface area contributed by atoms with E-state index in [0.29, 0.717) is 13.1 Å². The van der Waals surface area contributed by atoms with Crippen molar-refractivity contribution in [2.45, 2.75) is 32.8 Å². The summed E-state index contributed by atoms with van der Waals surface area (Å²) in [6.07, 6.45) is 0.378. The van der Waals surface area contributed by atoms with Crippen molar-refractivity contribution in [3.8, 4) is 0 Å². The molecule has 0 spiro atoms. The SMILES string of the molecule is COC(=O)[C@@]12CCN(C)C[C@@H]1CN(C(=O)OC(C)(C)C)C2. The van der Waals surface area contributed by atoms with Crippen LogP contribution in [0, 0.1) is 11.3 Å². The second kappa shape index (κ2) is 5.48. The number of rotatable bonds is 1. The van der Waals surface area contributed by atoms with Gasteiger partial charge in [0.15, 0.2) is 0 Å². The van der Waals surface area contributed by atoms with Gasteiger partial charge in [-0.1, -0.05) is 0 Å². The maximum atomic E-state index is 12.3. The standard InChI is InChI=1S/C15H26N2O4/c1-14(2,3)21-13(19)17-9-11-8-16(4)7-6-15(11,10-17)12(18)20-5/h11H,6-10H2,1-5H3/t11-,15-/m1/s1. The highest BCUT2D eigenvalue weighted by atomic mass is 16.6. The quantitative estimate of drug-likeness (QED) is 0.684. The second-order valence-electron chi connectivity index (χ2n) is 7.22. The molecule has 6 heteroatoms. The summed E-state index contributed by atoms with van der Waals surface area (Å²) in [6, 6.07) is 0. The fraction of sp³-hybridized carbons (Fsp3) is 0.867. The Balaban J connectivity index is 2.17. The van der Waals surface area contributed by atoms with Crippen molar-refractivity contribution in [2.75, 3.05) is 40.3 Å². The molecule has 2 aliphatic heterocycles. The van der Waals surface area contributed by atoms with Crippen molar-refractivity contribution in [1.29, 1.82) is 0 Å². The minimum atomic E-state index is -0.571. The Bertz CT molecular complexity index is 432. The van der Waals surface area contributed by atoms with E-state index in [1.807, 2.05) is 27.8 Å². The molecule has 2 rings (SSSR count). The molecule has 2 aliphatic rings. The molecule has 2 heterocycles. The summed E-state index contributed by atoms with van der Waals surface area (Å²) < 4.78 is 10.5. The summed E-state index contributed by atoms with van der Waals surface area (Å²) in [7, 11) is 3.46. The number of hydrogen-bond acceptors (Lipinski definition) is 5. The lowest BCUT2D eigenvalue weighted by Crippen LogP contribution is -2.50. The van der Waals surface area contributed by atoms with E-state index in [0.717, 1.165) is 19.5 Å². The molecule has 0 radical (unpaired) electrons. The number of ether oxygens (including phenoxy) is 2. The van der Waals surface area contributed by atoms with Crippen molar-refractivity contribution in [3.05, 3.63) is 0 Å². The molecule has 0 saturated carbocycles. The van der Waals surface area contributed by atoms with E-state index in [1.165, 1.54) is 7.11 Å². The van der Waals surface area contributed by atoms with Crippen LogP contribution in [0.1, 0.15) is 27.2 Å². The average Bonchev–Trinajstić information content (AvgIpc) is 2.75. The number of amides is 1. The first-order valence-corrected chi connectivity index (χ1v) is 7.43. The minimum Gasteiger partial charge on any atom is -0.469 e. The highest BCUT2D eigenvalue weighted by Gasteiger charge is 2.56. The molecule has 2 atom stereocenters. The fourth-order valence-electron chi connectivity index (χ4n) is 3.35. The molecular weight excluding hydrogens is 272 g/mol. The summed E-state index contributed by atoms with van der Waals surface area (Å²) >= 11 is 0. The Morgan fingerprint density at radius 2 is 1.90 bits per heavy atom. The van der Waals surface area contributed by atoms with Crippen molar-refractivity contribution >= 4 is 12.1 Å². The molecule has 2 saturated heterocycles. The Labute approximate surface area is 126 Å². The predicted molar refractivity (Wildman–Crippen MR) is 77.9 cm³/mol. The number of likely N-dealkylation sites (tertiary alicyclic amines) is 2.